The monoisotopic (exact) mass is 274 g/mol. The molecule has 0 bridgehead atoms. The SMILES string of the molecule is CCN(CC(C)(C)O)C(=O)N[C@@H](C(=O)O)C(C)(C)C. The smallest absolute Gasteiger partial charge is 0.326 e. The Morgan fingerprint density at radius 3 is 1.95 bits per heavy atom. The van der Waals surface area contributed by atoms with Gasteiger partial charge in [-0.2, -0.15) is 0 Å². The first-order valence-corrected chi connectivity index (χ1v) is 6.39. The van der Waals surface area contributed by atoms with Crippen molar-refractivity contribution in [1.29, 1.82) is 0 Å². The maximum Gasteiger partial charge on any atom is 0.326 e. The summed E-state index contributed by atoms with van der Waals surface area (Å²) in [5.41, 5.74) is -1.61. The second-order valence-electron chi connectivity index (χ2n) is 6.41. The number of rotatable bonds is 5. The molecule has 1 atom stereocenters. The number of nitrogens with one attached hydrogen (secondary N) is 1. The molecule has 0 fully saturated rings. The van der Waals surface area contributed by atoms with Gasteiger partial charge < -0.3 is 20.4 Å². The molecule has 0 radical (unpaired) electrons. The third-order valence-corrected chi connectivity index (χ3v) is 2.63. The van der Waals surface area contributed by atoms with Crippen LogP contribution in [0, 0.1) is 5.41 Å². The van der Waals surface area contributed by atoms with Crippen molar-refractivity contribution >= 4 is 12.0 Å². The van der Waals surface area contributed by atoms with Crippen molar-refractivity contribution in [3.63, 3.8) is 0 Å². The van der Waals surface area contributed by atoms with E-state index < -0.39 is 29.1 Å². The first kappa shape index (κ1) is 17.7. The zero-order chi connectivity index (χ0) is 15.4. The lowest BCUT2D eigenvalue weighted by Gasteiger charge is -2.32. The van der Waals surface area contributed by atoms with Crippen LogP contribution in [0.3, 0.4) is 0 Å². The molecule has 6 heteroatoms. The Balaban J connectivity index is 4.85. The summed E-state index contributed by atoms with van der Waals surface area (Å²) in [7, 11) is 0. The van der Waals surface area contributed by atoms with Gasteiger partial charge in [0.2, 0.25) is 0 Å². The molecular formula is C13H26N2O4. The Bertz CT molecular complexity index is 329. The summed E-state index contributed by atoms with van der Waals surface area (Å²) in [5.74, 6) is -1.07. The lowest BCUT2D eigenvalue weighted by atomic mass is 9.87. The second-order valence-corrected chi connectivity index (χ2v) is 6.41. The molecular weight excluding hydrogens is 248 g/mol. The number of carbonyl (C=O) groups is 2. The van der Waals surface area contributed by atoms with E-state index in [4.69, 9.17) is 5.11 Å². The van der Waals surface area contributed by atoms with Crippen molar-refractivity contribution in [2.45, 2.75) is 53.2 Å². The third kappa shape index (κ3) is 6.42. The molecule has 0 rings (SSSR count). The number of likely N-dealkylation sites (N-methyl/N-ethyl adjacent to an activating group) is 1. The van der Waals surface area contributed by atoms with Crippen LogP contribution >= 0.6 is 0 Å². The molecule has 19 heavy (non-hydrogen) atoms. The maximum absolute atomic E-state index is 12.1. The van der Waals surface area contributed by atoms with E-state index >= 15 is 0 Å². The van der Waals surface area contributed by atoms with Crippen LogP contribution in [0.5, 0.6) is 0 Å². The van der Waals surface area contributed by atoms with Crippen LogP contribution in [-0.2, 0) is 4.79 Å². The van der Waals surface area contributed by atoms with Crippen LogP contribution in [-0.4, -0.2) is 51.8 Å². The third-order valence-electron chi connectivity index (χ3n) is 2.63. The number of carboxylic acid groups (broad SMARTS) is 1. The van der Waals surface area contributed by atoms with E-state index in [9.17, 15) is 14.7 Å². The molecule has 3 N–H and O–H groups in total. The first-order chi connectivity index (χ1) is 8.38. The van der Waals surface area contributed by atoms with Gasteiger partial charge in [-0.1, -0.05) is 20.8 Å². The molecule has 0 aromatic carbocycles. The van der Waals surface area contributed by atoms with E-state index in [1.54, 1.807) is 41.5 Å². The minimum atomic E-state index is -1.07. The Hall–Kier alpha value is -1.30. The standard InChI is InChI=1S/C13H26N2O4/c1-7-15(8-13(5,6)19)11(18)14-9(10(16)17)12(2,3)4/h9,19H,7-8H2,1-6H3,(H,14,18)(H,16,17)/t9-/m0/s1. The number of urea groups is 1. The molecule has 0 aromatic heterocycles. The molecule has 0 aliphatic heterocycles. The summed E-state index contributed by atoms with van der Waals surface area (Å²) < 4.78 is 0. The predicted molar refractivity (Wildman–Crippen MR) is 73.0 cm³/mol. The molecule has 0 aliphatic rings. The highest BCUT2D eigenvalue weighted by molar-refractivity contribution is 5.83. The Labute approximate surface area is 114 Å². The highest BCUT2D eigenvalue weighted by atomic mass is 16.4. The fourth-order valence-corrected chi connectivity index (χ4v) is 1.66. The lowest BCUT2D eigenvalue weighted by molar-refractivity contribution is -0.142. The minimum absolute atomic E-state index is 0.145. The van der Waals surface area contributed by atoms with Crippen molar-refractivity contribution in [3.05, 3.63) is 0 Å². The number of amides is 2. The van der Waals surface area contributed by atoms with Gasteiger partial charge in [0.15, 0.2) is 0 Å². The minimum Gasteiger partial charge on any atom is -0.480 e. The zero-order valence-electron chi connectivity index (χ0n) is 12.6. The topological polar surface area (TPSA) is 89.9 Å². The van der Waals surface area contributed by atoms with Crippen molar-refractivity contribution in [3.8, 4) is 0 Å². The number of aliphatic carboxylic acids is 1. The Kier molecular flexibility index (Phi) is 5.81. The lowest BCUT2D eigenvalue weighted by Crippen LogP contribution is -2.55. The normalized spacial score (nSPS) is 13.8. The molecule has 112 valence electrons. The highest BCUT2D eigenvalue weighted by Crippen LogP contribution is 2.19. The van der Waals surface area contributed by atoms with Crippen LogP contribution in [0.15, 0.2) is 0 Å². The highest BCUT2D eigenvalue weighted by Gasteiger charge is 2.34. The van der Waals surface area contributed by atoms with E-state index in [2.05, 4.69) is 5.32 Å². The van der Waals surface area contributed by atoms with Gasteiger partial charge in [-0.3, -0.25) is 0 Å². The van der Waals surface area contributed by atoms with Crippen LogP contribution < -0.4 is 5.32 Å². The van der Waals surface area contributed by atoms with Gasteiger partial charge in [-0.25, -0.2) is 9.59 Å². The van der Waals surface area contributed by atoms with Crippen LogP contribution in [0.4, 0.5) is 4.79 Å². The molecule has 0 spiro atoms. The van der Waals surface area contributed by atoms with E-state index in [0.717, 1.165) is 0 Å². The zero-order valence-corrected chi connectivity index (χ0v) is 12.6. The molecule has 6 nitrogen and oxygen atoms in total. The number of hydrogen-bond donors (Lipinski definition) is 3. The number of nitrogens with zero attached hydrogens (tertiary/aromatic N) is 1. The van der Waals surface area contributed by atoms with Gasteiger partial charge in [0.05, 0.1) is 12.1 Å². The van der Waals surface area contributed by atoms with E-state index in [1.807, 2.05) is 0 Å². The maximum atomic E-state index is 12.1. The van der Waals surface area contributed by atoms with Crippen molar-refractivity contribution in [2.24, 2.45) is 5.41 Å². The van der Waals surface area contributed by atoms with E-state index in [0.29, 0.717) is 6.54 Å². The Morgan fingerprint density at radius 2 is 1.68 bits per heavy atom. The van der Waals surface area contributed by atoms with E-state index in [-0.39, 0.29) is 6.54 Å². The van der Waals surface area contributed by atoms with Gasteiger partial charge in [0.25, 0.3) is 0 Å². The summed E-state index contributed by atoms with van der Waals surface area (Å²) in [6.07, 6.45) is 0. The van der Waals surface area contributed by atoms with Gasteiger partial charge in [0.1, 0.15) is 6.04 Å². The van der Waals surface area contributed by atoms with E-state index in [1.165, 1.54) is 4.90 Å². The number of carbonyl (C=O) groups excluding carboxylic acids is 1. The fraction of sp³-hybridized carbons (Fsp3) is 0.846. The van der Waals surface area contributed by atoms with Gasteiger partial charge >= 0.3 is 12.0 Å². The summed E-state index contributed by atoms with van der Waals surface area (Å²) in [6, 6.07) is -1.46. The van der Waals surface area contributed by atoms with Crippen LogP contribution in [0.1, 0.15) is 41.5 Å². The molecule has 0 saturated carbocycles. The summed E-state index contributed by atoms with van der Waals surface area (Å²) in [5, 5.41) is 21.4. The average molecular weight is 274 g/mol. The van der Waals surface area contributed by atoms with Gasteiger partial charge in [-0.05, 0) is 26.2 Å². The molecule has 2 amide bonds. The number of hydrogen-bond acceptors (Lipinski definition) is 3. The predicted octanol–water partition coefficient (Wildman–Crippen LogP) is 1.29. The summed E-state index contributed by atoms with van der Waals surface area (Å²) in [4.78, 5) is 24.6. The quantitative estimate of drug-likeness (QED) is 0.704. The first-order valence-electron chi connectivity index (χ1n) is 6.39. The van der Waals surface area contributed by atoms with Crippen molar-refractivity contribution in [1.82, 2.24) is 10.2 Å². The molecule has 0 unspecified atom stereocenters. The summed E-state index contributed by atoms with van der Waals surface area (Å²) >= 11 is 0. The van der Waals surface area contributed by atoms with Crippen LogP contribution in [0.2, 0.25) is 0 Å². The number of carboxylic acids is 1. The number of aliphatic hydroxyl groups is 1. The molecule has 0 saturated heterocycles. The van der Waals surface area contributed by atoms with Crippen molar-refractivity contribution in [2.75, 3.05) is 13.1 Å². The second kappa shape index (κ2) is 6.23. The van der Waals surface area contributed by atoms with Gasteiger partial charge in [0, 0.05) is 6.54 Å². The van der Waals surface area contributed by atoms with Crippen LogP contribution in [0.25, 0.3) is 0 Å². The molecule has 0 aliphatic carbocycles. The van der Waals surface area contributed by atoms with Gasteiger partial charge in [-0.15, -0.1) is 0 Å². The summed E-state index contributed by atoms with van der Waals surface area (Å²) in [6.45, 7) is 10.8. The molecule has 0 heterocycles. The molecule has 0 aromatic rings. The largest absolute Gasteiger partial charge is 0.480 e. The fourth-order valence-electron chi connectivity index (χ4n) is 1.66. The Morgan fingerprint density at radius 1 is 1.21 bits per heavy atom. The van der Waals surface area contributed by atoms with Crippen molar-refractivity contribution < 1.29 is 19.8 Å². The average Bonchev–Trinajstić information content (AvgIpc) is 2.18.